The maximum Gasteiger partial charge on any atom is 0.179 e. The van der Waals surface area contributed by atoms with Crippen LogP contribution < -0.4 is 5.11 Å². The highest BCUT2D eigenvalue weighted by atomic mass is 32.2. The van der Waals surface area contributed by atoms with E-state index in [0.717, 1.165) is 17.7 Å². The van der Waals surface area contributed by atoms with Gasteiger partial charge in [0.2, 0.25) is 0 Å². The Bertz CT molecular complexity index is 561. The molecule has 0 aliphatic heterocycles. The molecule has 0 saturated heterocycles. The molecule has 0 heterocycles. The molecule has 1 atom stereocenters. The predicted molar refractivity (Wildman–Crippen MR) is 61.9 cm³/mol. The maximum atomic E-state index is 12.1. The largest absolute Gasteiger partial charge is 0.872 e. The van der Waals surface area contributed by atoms with Gasteiger partial charge in [0.25, 0.3) is 0 Å². The lowest BCUT2D eigenvalue weighted by atomic mass is 10.2. The van der Waals surface area contributed by atoms with Crippen molar-refractivity contribution in [3.8, 4) is 11.5 Å². The second-order valence-corrected chi connectivity index (χ2v) is 5.14. The van der Waals surface area contributed by atoms with Gasteiger partial charge < -0.3 is 5.11 Å². The van der Waals surface area contributed by atoms with E-state index in [0.29, 0.717) is 4.90 Å². The van der Waals surface area contributed by atoms with Gasteiger partial charge in [-0.3, -0.25) is 5.11 Å². The van der Waals surface area contributed by atoms with Crippen LogP contribution in [0.15, 0.2) is 52.3 Å². The van der Waals surface area contributed by atoms with E-state index in [4.69, 9.17) is 0 Å². The zero-order chi connectivity index (χ0) is 12.4. The average molecular weight is 246 g/mol. The van der Waals surface area contributed by atoms with Crippen molar-refractivity contribution in [3.63, 3.8) is 0 Å². The molecule has 0 amide bonds. The lowest BCUT2D eigenvalue weighted by molar-refractivity contribution is -0.272. The van der Waals surface area contributed by atoms with Gasteiger partial charge >= 0.3 is 0 Å². The van der Waals surface area contributed by atoms with Gasteiger partial charge in [-0.05, 0) is 25.1 Å². The monoisotopic (exact) mass is 246 g/mol. The molecular formula is C13H10O3S-. The Kier molecular flexibility index (Phi) is 3.15. The fraction of sp³-hybridized carbons (Fsp3) is 0.0769. The minimum Gasteiger partial charge on any atom is -0.872 e. The summed E-state index contributed by atoms with van der Waals surface area (Å²) in [6.07, 6.45) is 0. The lowest BCUT2D eigenvalue weighted by Gasteiger charge is -2.12. The number of rotatable bonds is 2. The van der Waals surface area contributed by atoms with Crippen molar-refractivity contribution in [1.29, 1.82) is 0 Å². The predicted octanol–water partition coefficient (Wildman–Crippen LogP) is 2.38. The first-order valence-corrected chi connectivity index (χ1v) is 6.19. The van der Waals surface area contributed by atoms with Crippen LogP contribution in [0, 0.1) is 6.92 Å². The van der Waals surface area contributed by atoms with Crippen molar-refractivity contribution in [2.45, 2.75) is 16.7 Å². The summed E-state index contributed by atoms with van der Waals surface area (Å²) in [5.41, 5.74) is 1.05. The molecule has 0 aliphatic rings. The Morgan fingerprint density at radius 3 is 2.35 bits per heavy atom. The minimum absolute atomic E-state index is 0.0429. The van der Waals surface area contributed by atoms with Crippen LogP contribution in [0.5, 0.6) is 11.5 Å². The summed E-state index contributed by atoms with van der Waals surface area (Å²) < 4.78 is 12.1. The zero-order valence-corrected chi connectivity index (χ0v) is 9.99. The van der Waals surface area contributed by atoms with Gasteiger partial charge in [0.1, 0.15) is 0 Å². The summed E-state index contributed by atoms with van der Waals surface area (Å²) >= 11 is 0. The van der Waals surface area contributed by atoms with Gasteiger partial charge in [-0.1, -0.05) is 29.5 Å². The zero-order valence-electron chi connectivity index (χ0n) is 9.17. The van der Waals surface area contributed by atoms with Gasteiger partial charge in [0.05, 0.1) is 10.8 Å². The van der Waals surface area contributed by atoms with Gasteiger partial charge in [0.15, 0.2) is 5.75 Å². The normalized spacial score (nSPS) is 12.3. The molecular weight excluding hydrogens is 236 g/mol. The summed E-state index contributed by atoms with van der Waals surface area (Å²) in [4.78, 5) is 0.569. The molecule has 2 rings (SSSR count). The van der Waals surface area contributed by atoms with Crippen LogP contribution in [-0.4, -0.2) is 4.21 Å². The molecule has 2 aromatic carbocycles. The van der Waals surface area contributed by atoms with Gasteiger partial charge in [-0.25, -0.2) is 4.21 Å². The average Bonchev–Trinajstić information content (AvgIpc) is 2.32. The topological polar surface area (TPSA) is 60.0 Å². The van der Waals surface area contributed by atoms with Gasteiger partial charge in [0, 0.05) is 15.9 Å². The molecule has 0 fully saturated rings. The molecule has 17 heavy (non-hydrogen) atoms. The maximum absolute atomic E-state index is 12.1. The summed E-state index contributed by atoms with van der Waals surface area (Å²) in [5.74, 6) is -0.677. The molecule has 0 bridgehead atoms. The molecule has 0 aliphatic carbocycles. The number of aryl methyl sites for hydroxylation is 1. The fourth-order valence-corrected chi connectivity index (χ4v) is 2.53. The highest BCUT2D eigenvalue weighted by Gasteiger charge is 2.09. The fourth-order valence-electron chi connectivity index (χ4n) is 1.42. The number of hydrogen-bond acceptors (Lipinski definition) is 2. The SMILES string of the molecule is Cc1ccc(S(=O)c2cc([O])ccc2[O-])cc1. The molecule has 0 spiro atoms. The number of hydrogen-bond donors (Lipinski definition) is 0. The second kappa shape index (κ2) is 4.59. The molecule has 4 heteroatoms. The number of benzene rings is 2. The van der Waals surface area contributed by atoms with Crippen LogP contribution in [0.4, 0.5) is 0 Å². The highest BCUT2D eigenvalue weighted by molar-refractivity contribution is 7.85. The molecule has 1 radical (unpaired) electrons. The summed E-state index contributed by atoms with van der Waals surface area (Å²) in [5, 5.41) is 22.7. The summed E-state index contributed by atoms with van der Waals surface area (Å²) in [6, 6.07) is 10.5. The standard InChI is InChI=1S/C13H11O3S/c1-9-2-5-11(6-3-9)17(16)13-8-10(14)4-7-12(13)15/h2-8,15H,1H3/p-1. The first-order valence-electron chi connectivity index (χ1n) is 5.04. The van der Waals surface area contributed by atoms with Crippen LogP contribution in [0.25, 0.3) is 0 Å². The van der Waals surface area contributed by atoms with Crippen molar-refractivity contribution >= 4 is 10.8 Å². The first-order chi connectivity index (χ1) is 8.08. The smallest absolute Gasteiger partial charge is 0.179 e. The minimum atomic E-state index is -1.59. The van der Waals surface area contributed by atoms with Crippen LogP contribution in [-0.2, 0) is 15.9 Å². The van der Waals surface area contributed by atoms with Crippen molar-refractivity contribution in [3.05, 3.63) is 48.0 Å². The molecule has 87 valence electrons. The van der Waals surface area contributed by atoms with Crippen LogP contribution in [0.3, 0.4) is 0 Å². The summed E-state index contributed by atoms with van der Waals surface area (Å²) in [6.45, 7) is 1.92. The highest BCUT2D eigenvalue weighted by Crippen LogP contribution is 2.27. The molecule has 3 nitrogen and oxygen atoms in total. The van der Waals surface area contributed by atoms with Crippen molar-refractivity contribution in [1.82, 2.24) is 0 Å². The van der Waals surface area contributed by atoms with E-state index in [-0.39, 0.29) is 16.4 Å². The quantitative estimate of drug-likeness (QED) is 0.816. The van der Waals surface area contributed by atoms with E-state index in [1.54, 1.807) is 12.1 Å². The Hall–Kier alpha value is -1.81. The van der Waals surface area contributed by atoms with Crippen LogP contribution >= 0.6 is 0 Å². The van der Waals surface area contributed by atoms with Crippen molar-refractivity contribution in [2.75, 3.05) is 0 Å². The Morgan fingerprint density at radius 1 is 1.06 bits per heavy atom. The van der Waals surface area contributed by atoms with Gasteiger partial charge in [-0.2, -0.15) is 0 Å². The third-order valence-corrected chi connectivity index (χ3v) is 3.77. The van der Waals surface area contributed by atoms with Crippen LogP contribution in [0.2, 0.25) is 0 Å². The Morgan fingerprint density at radius 2 is 1.71 bits per heavy atom. The van der Waals surface area contributed by atoms with Crippen LogP contribution in [0.1, 0.15) is 5.56 Å². The van der Waals surface area contributed by atoms with E-state index in [1.165, 1.54) is 6.07 Å². The van der Waals surface area contributed by atoms with E-state index in [1.807, 2.05) is 19.1 Å². The Balaban J connectivity index is 2.43. The van der Waals surface area contributed by atoms with E-state index in [9.17, 15) is 14.4 Å². The molecule has 0 aromatic heterocycles. The van der Waals surface area contributed by atoms with Crippen molar-refractivity contribution in [2.24, 2.45) is 0 Å². The Labute approximate surface area is 102 Å². The molecule has 0 saturated carbocycles. The molecule has 1 unspecified atom stereocenters. The van der Waals surface area contributed by atoms with E-state index >= 15 is 0 Å². The third-order valence-electron chi connectivity index (χ3n) is 2.35. The third kappa shape index (κ3) is 2.47. The first kappa shape index (κ1) is 11.7. The van der Waals surface area contributed by atoms with Crippen molar-refractivity contribution < 1.29 is 14.4 Å². The van der Waals surface area contributed by atoms with Gasteiger partial charge in [-0.15, -0.1) is 0 Å². The van der Waals surface area contributed by atoms with E-state index < -0.39 is 10.8 Å². The second-order valence-electron chi connectivity index (χ2n) is 3.69. The lowest BCUT2D eigenvalue weighted by Crippen LogP contribution is -2.00. The summed E-state index contributed by atoms with van der Waals surface area (Å²) in [7, 11) is -1.59. The van der Waals surface area contributed by atoms with E-state index in [2.05, 4.69) is 0 Å². The molecule has 2 aromatic rings. The molecule has 0 N–H and O–H groups in total.